The Morgan fingerprint density at radius 3 is 2.58 bits per heavy atom. The first-order valence-corrected chi connectivity index (χ1v) is 7.46. The first-order chi connectivity index (χ1) is 9.33. The van der Waals surface area contributed by atoms with E-state index in [2.05, 4.69) is 24.8 Å². The van der Waals surface area contributed by atoms with E-state index in [4.69, 9.17) is 0 Å². The molecule has 0 N–H and O–H groups in total. The first-order valence-electron chi connectivity index (χ1n) is 7.46. The zero-order valence-electron chi connectivity index (χ0n) is 12.0. The van der Waals surface area contributed by atoms with Crippen molar-refractivity contribution in [3.63, 3.8) is 0 Å². The van der Waals surface area contributed by atoms with Gasteiger partial charge in [-0.3, -0.25) is 0 Å². The van der Waals surface area contributed by atoms with E-state index >= 15 is 0 Å². The van der Waals surface area contributed by atoms with Crippen LogP contribution in [0.1, 0.15) is 57.4 Å². The molecule has 0 heterocycles. The lowest BCUT2D eigenvalue weighted by Gasteiger charge is -1.97. The third kappa shape index (κ3) is 8.40. The van der Waals surface area contributed by atoms with Crippen molar-refractivity contribution in [3.05, 3.63) is 53.5 Å². The number of benzene rings is 1. The van der Waals surface area contributed by atoms with E-state index in [-0.39, 0.29) is 5.83 Å². The van der Waals surface area contributed by atoms with Crippen molar-refractivity contribution in [1.29, 1.82) is 0 Å². The summed E-state index contributed by atoms with van der Waals surface area (Å²) in [7, 11) is 0. The molecule has 0 fully saturated rings. The average Bonchev–Trinajstić information content (AvgIpc) is 2.44. The van der Waals surface area contributed by atoms with E-state index in [0.717, 1.165) is 25.7 Å². The van der Waals surface area contributed by atoms with Crippen molar-refractivity contribution in [2.24, 2.45) is 0 Å². The summed E-state index contributed by atoms with van der Waals surface area (Å²) in [6, 6.07) is 10.3. The van der Waals surface area contributed by atoms with Crippen LogP contribution >= 0.6 is 0 Å². The molecule has 1 rings (SSSR count). The number of halogens is 1. The monoisotopic (exact) mass is 260 g/mol. The molecule has 1 heteroatoms. The maximum absolute atomic E-state index is 13.4. The lowest BCUT2D eigenvalue weighted by Crippen LogP contribution is -1.81. The van der Waals surface area contributed by atoms with Crippen molar-refractivity contribution in [2.45, 2.75) is 58.3 Å². The Morgan fingerprint density at radius 2 is 1.84 bits per heavy atom. The van der Waals surface area contributed by atoms with Crippen LogP contribution in [0.25, 0.3) is 0 Å². The third-order valence-corrected chi connectivity index (χ3v) is 3.18. The number of hydrogen-bond donors (Lipinski definition) is 0. The van der Waals surface area contributed by atoms with Crippen molar-refractivity contribution in [3.8, 4) is 0 Å². The Kier molecular flexibility index (Phi) is 8.76. The van der Waals surface area contributed by atoms with Gasteiger partial charge in [0.15, 0.2) is 0 Å². The van der Waals surface area contributed by atoms with Gasteiger partial charge in [0.2, 0.25) is 0 Å². The van der Waals surface area contributed by atoms with Gasteiger partial charge in [-0.15, -0.1) is 0 Å². The van der Waals surface area contributed by atoms with Gasteiger partial charge in [0.1, 0.15) is 5.83 Å². The van der Waals surface area contributed by atoms with Crippen LogP contribution in [0.5, 0.6) is 0 Å². The van der Waals surface area contributed by atoms with Crippen LogP contribution in [-0.4, -0.2) is 0 Å². The van der Waals surface area contributed by atoms with Gasteiger partial charge in [-0.2, -0.15) is 0 Å². The minimum Gasteiger partial charge on any atom is -0.203 e. The molecule has 0 amide bonds. The van der Waals surface area contributed by atoms with Crippen LogP contribution in [0.3, 0.4) is 0 Å². The van der Waals surface area contributed by atoms with Gasteiger partial charge in [-0.1, -0.05) is 68.7 Å². The van der Waals surface area contributed by atoms with Gasteiger partial charge in [-0.05, 0) is 30.9 Å². The Labute approximate surface area is 117 Å². The Hall–Kier alpha value is -1.33. The maximum Gasteiger partial charge on any atom is 0.142 e. The Bertz CT molecular complexity index is 385. The van der Waals surface area contributed by atoms with E-state index in [1.54, 1.807) is 0 Å². The van der Waals surface area contributed by atoms with Gasteiger partial charge in [0.05, 0.1) is 0 Å². The molecule has 0 saturated carbocycles. The zero-order chi connectivity index (χ0) is 13.8. The SMILES string of the molecule is CCCCCCCC(F)=C=CCCc1ccccc1. The quantitative estimate of drug-likeness (QED) is 0.378. The largest absolute Gasteiger partial charge is 0.203 e. The molecule has 104 valence electrons. The minimum absolute atomic E-state index is 0.0930. The predicted molar refractivity (Wildman–Crippen MR) is 80.8 cm³/mol. The average molecular weight is 260 g/mol. The molecule has 19 heavy (non-hydrogen) atoms. The maximum atomic E-state index is 13.4. The molecule has 0 nitrogen and oxygen atoms in total. The van der Waals surface area contributed by atoms with Crippen LogP contribution < -0.4 is 0 Å². The summed E-state index contributed by atoms with van der Waals surface area (Å²) in [5.74, 6) is -0.0930. The predicted octanol–water partition coefficient (Wildman–Crippen LogP) is 5.99. The normalized spacial score (nSPS) is 10.0. The van der Waals surface area contributed by atoms with Crippen molar-refractivity contribution >= 4 is 0 Å². The second-order valence-electron chi connectivity index (χ2n) is 4.94. The van der Waals surface area contributed by atoms with Gasteiger partial charge in [-0.25, -0.2) is 4.39 Å². The number of unbranched alkanes of at least 4 members (excludes halogenated alkanes) is 4. The number of hydrogen-bond acceptors (Lipinski definition) is 0. The highest BCUT2D eigenvalue weighted by molar-refractivity contribution is 5.15. The molecule has 0 aliphatic rings. The van der Waals surface area contributed by atoms with Crippen LogP contribution in [0.2, 0.25) is 0 Å². The third-order valence-electron chi connectivity index (χ3n) is 3.18. The lowest BCUT2D eigenvalue weighted by atomic mass is 10.1. The van der Waals surface area contributed by atoms with Crippen molar-refractivity contribution < 1.29 is 4.39 Å². The highest BCUT2D eigenvalue weighted by Crippen LogP contribution is 2.11. The number of rotatable bonds is 9. The van der Waals surface area contributed by atoms with Crippen molar-refractivity contribution in [2.75, 3.05) is 0 Å². The van der Waals surface area contributed by atoms with Gasteiger partial charge < -0.3 is 0 Å². The summed E-state index contributed by atoms with van der Waals surface area (Å²) in [5, 5.41) is 0. The highest BCUT2D eigenvalue weighted by atomic mass is 19.1. The molecular formula is C18H25F. The Morgan fingerprint density at radius 1 is 1.11 bits per heavy atom. The Balaban J connectivity index is 2.16. The summed E-state index contributed by atoms with van der Waals surface area (Å²) in [6.07, 6.45) is 9.99. The van der Waals surface area contributed by atoms with E-state index in [1.165, 1.54) is 24.8 Å². The van der Waals surface area contributed by atoms with Crippen LogP contribution in [0.4, 0.5) is 4.39 Å². The lowest BCUT2D eigenvalue weighted by molar-refractivity contribution is 0.548. The molecule has 0 aliphatic carbocycles. The van der Waals surface area contributed by atoms with Crippen LogP contribution in [0, 0.1) is 0 Å². The van der Waals surface area contributed by atoms with E-state index in [9.17, 15) is 4.39 Å². The molecule has 0 unspecified atom stereocenters. The standard InChI is InChI=1S/C18H25F/c1-2-3-4-5-9-15-18(19)16-11-10-14-17-12-7-6-8-13-17/h6-8,11-13H,2-5,9-10,14-15H2,1H3. The smallest absolute Gasteiger partial charge is 0.142 e. The molecule has 0 saturated heterocycles. The fraction of sp³-hybridized carbons (Fsp3) is 0.500. The van der Waals surface area contributed by atoms with E-state index < -0.39 is 0 Å². The number of aryl methyl sites for hydroxylation is 1. The first kappa shape index (κ1) is 15.7. The van der Waals surface area contributed by atoms with E-state index in [1.807, 2.05) is 24.3 Å². The van der Waals surface area contributed by atoms with Gasteiger partial charge in [0, 0.05) is 6.42 Å². The van der Waals surface area contributed by atoms with Crippen molar-refractivity contribution in [1.82, 2.24) is 0 Å². The van der Waals surface area contributed by atoms with Gasteiger partial charge >= 0.3 is 0 Å². The van der Waals surface area contributed by atoms with Crippen LogP contribution in [-0.2, 0) is 6.42 Å². The number of allylic oxidation sites excluding steroid dienone is 1. The highest BCUT2D eigenvalue weighted by Gasteiger charge is 1.94. The summed E-state index contributed by atoms with van der Waals surface area (Å²) < 4.78 is 13.4. The fourth-order valence-corrected chi connectivity index (χ4v) is 2.02. The summed E-state index contributed by atoms with van der Waals surface area (Å²) >= 11 is 0. The summed E-state index contributed by atoms with van der Waals surface area (Å²) in [4.78, 5) is 0. The molecule has 0 aromatic heterocycles. The van der Waals surface area contributed by atoms with E-state index in [0.29, 0.717) is 6.42 Å². The molecule has 0 radical (unpaired) electrons. The second kappa shape index (κ2) is 10.6. The molecule has 0 bridgehead atoms. The molecule has 0 atom stereocenters. The minimum atomic E-state index is -0.0930. The second-order valence-corrected chi connectivity index (χ2v) is 4.94. The summed E-state index contributed by atoms with van der Waals surface area (Å²) in [6.45, 7) is 2.19. The molecule has 1 aromatic carbocycles. The topological polar surface area (TPSA) is 0 Å². The fourth-order valence-electron chi connectivity index (χ4n) is 2.02. The molecule has 0 aliphatic heterocycles. The zero-order valence-corrected chi connectivity index (χ0v) is 12.0. The molecule has 1 aromatic rings. The summed E-state index contributed by atoms with van der Waals surface area (Å²) in [5.41, 5.74) is 4.06. The molecule has 0 spiro atoms. The van der Waals surface area contributed by atoms with Gasteiger partial charge in [0.25, 0.3) is 0 Å². The van der Waals surface area contributed by atoms with Crippen LogP contribution in [0.15, 0.2) is 48.0 Å². The molecular weight excluding hydrogens is 235 g/mol.